The largest absolute Gasteiger partial charge is 0.329 e. The van der Waals surface area contributed by atoms with Crippen molar-refractivity contribution in [2.75, 3.05) is 13.1 Å². The van der Waals surface area contributed by atoms with Crippen molar-refractivity contribution in [2.45, 2.75) is 58.0 Å². The Morgan fingerprint density at radius 2 is 2.11 bits per heavy atom. The topological polar surface area (TPSA) is 47.1 Å². The number of hydrogen-bond acceptors (Lipinski definition) is 3. The van der Waals surface area contributed by atoms with Crippen LogP contribution in [0.3, 0.4) is 0 Å². The SMILES string of the molecule is CCCN(Cc1cc(C)nn1C)C1(CN)CCCC1. The first-order chi connectivity index (χ1) is 9.11. The summed E-state index contributed by atoms with van der Waals surface area (Å²) in [6.45, 7) is 7.19. The summed E-state index contributed by atoms with van der Waals surface area (Å²) in [7, 11) is 2.04. The fourth-order valence-corrected chi connectivity index (χ4v) is 3.44. The molecular weight excluding hydrogens is 236 g/mol. The average Bonchev–Trinajstić information content (AvgIpc) is 2.97. The van der Waals surface area contributed by atoms with E-state index < -0.39 is 0 Å². The zero-order chi connectivity index (χ0) is 13.9. The van der Waals surface area contributed by atoms with E-state index in [2.05, 4.69) is 29.9 Å². The van der Waals surface area contributed by atoms with Gasteiger partial charge in [0.15, 0.2) is 0 Å². The van der Waals surface area contributed by atoms with Gasteiger partial charge in [-0.3, -0.25) is 9.58 Å². The van der Waals surface area contributed by atoms with Crippen LogP contribution in [0, 0.1) is 6.92 Å². The summed E-state index contributed by atoms with van der Waals surface area (Å²) in [5.74, 6) is 0. The molecule has 1 aromatic heterocycles. The van der Waals surface area contributed by atoms with Crippen molar-refractivity contribution in [3.8, 4) is 0 Å². The molecule has 4 heteroatoms. The molecule has 1 fully saturated rings. The van der Waals surface area contributed by atoms with E-state index in [4.69, 9.17) is 5.73 Å². The lowest BCUT2D eigenvalue weighted by atomic mass is 9.94. The van der Waals surface area contributed by atoms with Crippen LogP contribution in [0.15, 0.2) is 6.07 Å². The molecule has 2 rings (SSSR count). The highest BCUT2D eigenvalue weighted by atomic mass is 15.3. The Labute approximate surface area is 117 Å². The maximum Gasteiger partial charge on any atom is 0.0597 e. The van der Waals surface area contributed by atoms with Gasteiger partial charge in [-0.1, -0.05) is 19.8 Å². The van der Waals surface area contributed by atoms with Crippen LogP contribution in [0.1, 0.15) is 50.4 Å². The number of aryl methyl sites for hydroxylation is 2. The maximum atomic E-state index is 6.13. The lowest BCUT2D eigenvalue weighted by Crippen LogP contribution is -2.52. The van der Waals surface area contributed by atoms with Gasteiger partial charge >= 0.3 is 0 Å². The van der Waals surface area contributed by atoms with Crippen LogP contribution in [0.2, 0.25) is 0 Å². The normalized spacial score (nSPS) is 18.4. The minimum atomic E-state index is 0.230. The predicted molar refractivity (Wildman–Crippen MR) is 78.9 cm³/mol. The average molecular weight is 264 g/mol. The van der Waals surface area contributed by atoms with Crippen LogP contribution in [-0.4, -0.2) is 33.3 Å². The third-order valence-electron chi connectivity index (χ3n) is 4.53. The van der Waals surface area contributed by atoms with E-state index in [9.17, 15) is 0 Å². The molecule has 1 aliphatic rings. The number of hydrogen-bond donors (Lipinski definition) is 1. The Morgan fingerprint density at radius 3 is 2.58 bits per heavy atom. The Balaban J connectivity index is 2.17. The van der Waals surface area contributed by atoms with E-state index in [0.717, 1.165) is 25.3 Å². The Kier molecular flexibility index (Phi) is 4.63. The van der Waals surface area contributed by atoms with Crippen LogP contribution in [0.5, 0.6) is 0 Å². The second kappa shape index (κ2) is 6.06. The van der Waals surface area contributed by atoms with Gasteiger partial charge in [0.05, 0.1) is 11.4 Å². The molecule has 1 aliphatic carbocycles. The van der Waals surface area contributed by atoms with Gasteiger partial charge in [-0.15, -0.1) is 0 Å². The molecule has 1 heterocycles. The minimum absolute atomic E-state index is 0.230. The van der Waals surface area contributed by atoms with Crippen LogP contribution < -0.4 is 5.73 Å². The highest BCUT2D eigenvalue weighted by molar-refractivity contribution is 5.10. The van der Waals surface area contributed by atoms with Crippen molar-refractivity contribution in [3.05, 3.63) is 17.5 Å². The Hall–Kier alpha value is -0.870. The first kappa shape index (κ1) is 14.5. The van der Waals surface area contributed by atoms with Crippen molar-refractivity contribution in [1.29, 1.82) is 0 Å². The van der Waals surface area contributed by atoms with E-state index in [1.807, 2.05) is 11.7 Å². The molecule has 108 valence electrons. The molecule has 0 spiro atoms. The molecule has 2 N–H and O–H groups in total. The van der Waals surface area contributed by atoms with Gasteiger partial charge < -0.3 is 5.73 Å². The summed E-state index contributed by atoms with van der Waals surface area (Å²) >= 11 is 0. The van der Waals surface area contributed by atoms with Crippen molar-refractivity contribution in [2.24, 2.45) is 12.8 Å². The van der Waals surface area contributed by atoms with Gasteiger partial charge in [-0.2, -0.15) is 5.10 Å². The van der Waals surface area contributed by atoms with Crippen LogP contribution >= 0.6 is 0 Å². The molecule has 19 heavy (non-hydrogen) atoms. The van der Waals surface area contributed by atoms with Crippen LogP contribution in [0.25, 0.3) is 0 Å². The second-order valence-corrected chi connectivity index (χ2v) is 5.96. The van der Waals surface area contributed by atoms with E-state index in [1.165, 1.54) is 37.8 Å². The van der Waals surface area contributed by atoms with E-state index >= 15 is 0 Å². The first-order valence-electron chi connectivity index (χ1n) is 7.56. The smallest absolute Gasteiger partial charge is 0.0597 e. The van der Waals surface area contributed by atoms with Gasteiger partial charge in [-0.05, 0) is 38.8 Å². The zero-order valence-electron chi connectivity index (χ0n) is 12.7. The van der Waals surface area contributed by atoms with Crippen molar-refractivity contribution >= 4 is 0 Å². The molecule has 0 amide bonds. The Bertz CT molecular complexity index is 404. The van der Waals surface area contributed by atoms with Crippen LogP contribution in [-0.2, 0) is 13.6 Å². The highest BCUT2D eigenvalue weighted by Crippen LogP contribution is 2.35. The minimum Gasteiger partial charge on any atom is -0.329 e. The molecule has 0 atom stereocenters. The fraction of sp³-hybridized carbons (Fsp3) is 0.800. The Morgan fingerprint density at radius 1 is 1.42 bits per heavy atom. The van der Waals surface area contributed by atoms with Gasteiger partial charge in [0.2, 0.25) is 0 Å². The molecule has 1 aromatic rings. The third-order valence-corrected chi connectivity index (χ3v) is 4.53. The fourth-order valence-electron chi connectivity index (χ4n) is 3.44. The lowest BCUT2D eigenvalue weighted by Gasteiger charge is -2.40. The van der Waals surface area contributed by atoms with Crippen molar-refractivity contribution in [1.82, 2.24) is 14.7 Å². The molecule has 0 radical (unpaired) electrons. The lowest BCUT2D eigenvalue weighted by molar-refractivity contribution is 0.0876. The summed E-state index contributed by atoms with van der Waals surface area (Å²) in [6, 6.07) is 2.20. The van der Waals surface area contributed by atoms with E-state index in [0.29, 0.717) is 0 Å². The molecule has 0 aromatic carbocycles. The molecule has 0 aliphatic heterocycles. The zero-order valence-corrected chi connectivity index (χ0v) is 12.7. The molecule has 1 saturated carbocycles. The van der Waals surface area contributed by atoms with Gasteiger partial charge in [-0.25, -0.2) is 0 Å². The molecular formula is C15H28N4. The number of nitrogens with two attached hydrogens (primary N) is 1. The molecule has 0 saturated heterocycles. The van der Waals surface area contributed by atoms with Gasteiger partial charge in [0.25, 0.3) is 0 Å². The monoisotopic (exact) mass is 264 g/mol. The highest BCUT2D eigenvalue weighted by Gasteiger charge is 2.38. The van der Waals surface area contributed by atoms with Crippen LogP contribution in [0.4, 0.5) is 0 Å². The summed E-state index contributed by atoms with van der Waals surface area (Å²) < 4.78 is 2.01. The van der Waals surface area contributed by atoms with E-state index in [1.54, 1.807) is 0 Å². The number of aromatic nitrogens is 2. The predicted octanol–water partition coefficient (Wildman–Crippen LogP) is 2.21. The molecule has 4 nitrogen and oxygen atoms in total. The van der Waals surface area contributed by atoms with E-state index in [-0.39, 0.29) is 5.54 Å². The first-order valence-corrected chi connectivity index (χ1v) is 7.56. The molecule has 0 unspecified atom stereocenters. The van der Waals surface area contributed by atoms with Gasteiger partial charge in [0, 0.05) is 25.7 Å². The quantitative estimate of drug-likeness (QED) is 0.857. The molecule has 0 bridgehead atoms. The third kappa shape index (κ3) is 3.00. The van der Waals surface area contributed by atoms with Crippen molar-refractivity contribution < 1.29 is 0 Å². The number of nitrogens with zero attached hydrogens (tertiary/aromatic N) is 3. The number of rotatable bonds is 6. The summed E-state index contributed by atoms with van der Waals surface area (Å²) in [4.78, 5) is 2.61. The summed E-state index contributed by atoms with van der Waals surface area (Å²) in [5, 5.41) is 4.46. The second-order valence-electron chi connectivity index (χ2n) is 5.96. The summed E-state index contributed by atoms with van der Waals surface area (Å²) in [5.41, 5.74) is 8.76. The van der Waals surface area contributed by atoms with Gasteiger partial charge in [0.1, 0.15) is 0 Å². The maximum absolute atomic E-state index is 6.13. The van der Waals surface area contributed by atoms with Crippen molar-refractivity contribution in [3.63, 3.8) is 0 Å². The summed E-state index contributed by atoms with van der Waals surface area (Å²) in [6.07, 6.45) is 6.32. The standard InChI is InChI=1S/C15H28N4/c1-4-9-19(15(12-16)7-5-6-8-15)11-14-10-13(2)17-18(14)3/h10H,4-9,11-12,16H2,1-3H3.